The van der Waals surface area contributed by atoms with Gasteiger partial charge in [0.05, 0.1) is 13.7 Å². The van der Waals surface area contributed by atoms with E-state index in [1.165, 1.54) is 0 Å². The molecule has 0 aliphatic carbocycles. The lowest BCUT2D eigenvalue weighted by atomic mass is 10.2. The van der Waals surface area contributed by atoms with Crippen LogP contribution in [0.1, 0.15) is 18.3 Å². The van der Waals surface area contributed by atoms with Crippen LogP contribution in [0.15, 0.2) is 24.3 Å². The molecule has 4 nitrogen and oxygen atoms in total. The molecule has 2 aromatic rings. The second-order valence-electron chi connectivity index (χ2n) is 3.67. The Morgan fingerprint density at radius 3 is 2.53 bits per heavy atom. The van der Waals surface area contributed by atoms with E-state index in [1.807, 2.05) is 35.8 Å². The van der Waals surface area contributed by atoms with E-state index in [-0.39, 0.29) is 0 Å². The Kier molecular flexibility index (Phi) is 3.64. The molecule has 0 fully saturated rings. The number of aryl methyl sites for hydroxylation is 1. The normalized spacial score (nSPS) is 10.5. The van der Waals surface area contributed by atoms with Crippen LogP contribution in [0.5, 0.6) is 5.75 Å². The molecule has 0 aliphatic rings. The number of aromatic nitrogens is 3. The minimum Gasteiger partial charge on any atom is -0.497 e. The van der Waals surface area contributed by atoms with Gasteiger partial charge in [-0.05, 0) is 29.3 Å². The zero-order chi connectivity index (χ0) is 12.3. The highest BCUT2D eigenvalue weighted by atomic mass is 35.5. The lowest BCUT2D eigenvalue weighted by molar-refractivity contribution is 0.414. The minimum atomic E-state index is 0.428. The standard InChI is InChI=1S/C12H14ClN3O/c1-3-11-14-15-12(13)16(11)8-9-4-6-10(17-2)7-5-9/h4-7H,3,8H2,1-2H3. The summed E-state index contributed by atoms with van der Waals surface area (Å²) in [4.78, 5) is 0. The molecule has 1 heterocycles. The molecule has 0 bridgehead atoms. The van der Waals surface area contributed by atoms with Crippen molar-refractivity contribution in [3.63, 3.8) is 0 Å². The van der Waals surface area contributed by atoms with Crippen molar-refractivity contribution < 1.29 is 4.74 Å². The fraction of sp³-hybridized carbons (Fsp3) is 0.333. The van der Waals surface area contributed by atoms with Crippen molar-refractivity contribution in [1.29, 1.82) is 0 Å². The summed E-state index contributed by atoms with van der Waals surface area (Å²) in [6.45, 7) is 2.71. The van der Waals surface area contributed by atoms with Gasteiger partial charge in [-0.3, -0.25) is 4.57 Å². The van der Waals surface area contributed by atoms with Gasteiger partial charge in [-0.15, -0.1) is 10.2 Å². The third-order valence-corrected chi connectivity index (χ3v) is 2.88. The van der Waals surface area contributed by atoms with Gasteiger partial charge in [0.15, 0.2) is 0 Å². The molecular weight excluding hydrogens is 238 g/mol. The maximum Gasteiger partial charge on any atom is 0.225 e. The van der Waals surface area contributed by atoms with Crippen LogP contribution >= 0.6 is 11.6 Å². The van der Waals surface area contributed by atoms with Gasteiger partial charge in [0, 0.05) is 6.42 Å². The second-order valence-corrected chi connectivity index (χ2v) is 4.01. The van der Waals surface area contributed by atoms with E-state index >= 15 is 0 Å². The predicted molar refractivity (Wildman–Crippen MR) is 66.5 cm³/mol. The van der Waals surface area contributed by atoms with Crippen LogP contribution in [0.25, 0.3) is 0 Å². The van der Waals surface area contributed by atoms with Crippen molar-refractivity contribution >= 4 is 11.6 Å². The molecule has 17 heavy (non-hydrogen) atoms. The van der Waals surface area contributed by atoms with Crippen molar-refractivity contribution in [2.45, 2.75) is 19.9 Å². The number of rotatable bonds is 4. The van der Waals surface area contributed by atoms with Gasteiger partial charge < -0.3 is 4.74 Å². The van der Waals surface area contributed by atoms with Crippen LogP contribution in [0.4, 0.5) is 0 Å². The van der Waals surface area contributed by atoms with Gasteiger partial charge in [0.25, 0.3) is 0 Å². The van der Waals surface area contributed by atoms with Gasteiger partial charge in [-0.2, -0.15) is 0 Å². The number of halogens is 1. The Bertz CT molecular complexity index is 493. The first-order valence-electron chi connectivity index (χ1n) is 5.45. The van der Waals surface area contributed by atoms with Crippen LogP contribution in [0.3, 0.4) is 0 Å². The van der Waals surface area contributed by atoms with Crippen LogP contribution in [0.2, 0.25) is 5.28 Å². The quantitative estimate of drug-likeness (QED) is 0.839. The third kappa shape index (κ3) is 2.58. The Balaban J connectivity index is 2.21. The zero-order valence-electron chi connectivity index (χ0n) is 9.85. The highest BCUT2D eigenvalue weighted by Gasteiger charge is 2.08. The number of benzene rings is 1. The first-order chi connectivity index (χ1) is 8.24. The Labute approximate surface area is 105 Å². The summed E-state index contributed by atoms with van der Waals surface area (Å²) >= 11 is 6.00. The molecule has 0 spiro atoms. The maximum absolute atomic E-state index is 6.00. The molecule has 0 saturated heterocycles. The average molecular weight is 252 g/mol. The summed E-state index contributed by atoms with van der Waals surface area (Å²) in [5.41, 5.74) is 1.14. The summed E-state index contributed by atoms with van der Waals surface area (Å²) in [5, 5.41) is 8.32. The number of methoxy groups -OCH3 is 1. The van der Waals surface area contributed by atoms with E-state index in [4.69, 9.17) is 16.3 Å². The van der Waals surface area contributed by atoms with E-state index in [1.54, 1.807) is 7.11 Å². The van der Waals surface area contributed by atoms with Gasteiger partial charge in [-0.1, -0.05) is 19.1 Å². The lowest BCUT2D eigenvalue weighted by Crippen LogP contribution is -2.04. The molecule has 1 aromatic heterocycles. The summed E-state index contributed by atoms with van der Waals surface area (Å²) in [5.74, 6) is 1.74. The van der Waals surface area contributed by atoms with E-state index in [9.17, 15) is 0 Å². The van der Waals surface area contributed by atoms with Crippen molar-refractivity contribution in [3.8, 4) is 5.75 Å². The Hall–Kier alpha value is -1.55. The van der Waals surface area contributed by atoms with Crippen LogP contribution in [0, 0.1) is 0 Å². The number of hydrogen-bond acceptors (Lipinski definition) is 3. The fourth-order valence-electron chi connectivity index (χ4n) is 1.65. The average Bonchev–Trinajstić information content (AvgIpc) is 2.71. The van der Waals surface area contributed by atoms with Crippen LogP contribution < -0.4 is 4.74 Å². The molecule has 90 valence electrons. The molecule has 0 aliphatic heterocycles. The summed E-state index contributed by atoms with van der Waals surface area (Å²) in [7, 11) is 1.65. The molecule has 2 rings (SSSR count). The zero-order valence-corrected chi connectivity index (χ0v) is 10.6. The Morgan fingerprint density at radius 2 is 1.94 bits per heavy atom. The van der Waals surface area contributed by atoms with E-state index in [0.717, 1.165) is 23.6 Å². The molecule has 5 heteroatoms. The minimum absolute atomic E-state index is 0.428. The maximum atomic E-state index is 6.00. The monoisotopic (exact) mass is 251 g/mol. The molecule has 0 amide bonds. The topological polar surface area (TPSA) is 39.9 Å². The molecule has 0 saturated carbocycles. The van der Waals surface area contributed by atoms with Gasteiger partial charge in [0.1, 0.15) is 11.6 Å². The first-order valence-corrected chi connectivity index (χ1v) is 5.83. The number of ether oxygens (including phenoxy) is 1. The first kappa shape index (κ1) is 11.9. The SMILES string of the molecule is CCc1nnc(Cl)n1Cc1ccc(OC)cc1. The molecular formula is C12H14ClN3O. The van der Waals surface area contributed by atoms with Gasteiger partial charge in [0.2, 0.25) is 5.28 Å². The highest BCUT2D eigenvalue weighted by Crippen LogP contribution is 2.15. The largest absolute Gasteiger partial charge is 0.497 e. The Morgan fingerprint density at radius 1 is 1.24 bits per heavy atom. The van der Waals surface area contributed by atoms with Gasteiger partial charge in [-0.25, -0.2) is 0 Å². The van der Waals surface area contributed by atoms with Crippen molar-refractivity contribution in [3.05, 3.63) is 40.9 Å². The fourth-order valence-corrected chi connectivity index (χ4v) is 1.84. The van der Waals surface area contributed by atoms with Crippen molar-refractivity contribution in [2.24, 2.45) is 0 Å². The molecule has 1 aromatic carbocycles. The van der Waals surface area contributed by atoms with E-state index < -0.39 is 0 Å². The summed E-state index contributed by atoms with van der Waals surface area (Å²) < 4.78 is 7.02. The molecule has 0 N–H and O–H groups in total. The van der Waals surface area contributed by atoms with E-state index in [2.05, 4.69) is 10.2 Å². The smallest absolute Gasteiger partial charge is 0.225 e. The van der Waals surface area contributed by atoms with Crippen molar-refractivity contribution in [1.82, 2.24) is 14.8 Å². The van der Waals surface area contributed by atoms with E-state index in [0.29, 0.717) is 11.8 Å². The van der Waals surface area contributed by atoms with Crippen LogP contribution in [-0.2, 0) is 13.0 Å². The molecule has 0 radical (unpaired) electrons. The lowest BCUT2D eigenvalue weighted by Gasteiger charge is -2.07. The summed E-state index contributed by atoms with van der Waals surface area (Å²) in [6, 6.07) is 7.88. The highest BCUT2D eigenvalue weighted by molar-refractivity contribution is 6.28. The second kappa shape index (κ2) is 5.19. The molecule has 0 atom stereocenters. The molecule has 0 unspecified atom stereocenters. The van der Waals surface area contributed by atoms with Crippen molar-refractivity contribution in [2.75, 3.05) is 7.11 Å². The number of nitrogens with zero attached hydrogens (tertiary/aromatic N) is 3. The van der Waals surface area contributed by atoms with Crippen LogP contribution in [-0.4, -0.2) is 21.9 Å². The predicted octanol–water partition coefficient (Wildman–Crippen LogP) is 2.55. The summed E-state index contributed by atoms with van der Waals surface area (Å²) in [6.07, 6.45) is 0.815. The third-order valence-electron chi connectivity index (χ3n) is 2.60. The number of hydrogen-bond donors (Lipinski definition) is 0. The van der Waals surface area contributed by atoms with Gasteiger partial charge >= 0.3 is 0 Å².